The number of nitrogens with one attached hydrogen (secondary N) is 2. The summed E-state index contributed by atoms with van der Waals surface area (Å²) in [6.45, 7) is 6.50. The monoisotopic (exact) mass is 387 g/mol. The Kier molecular flexibility index (Phi) is 6.66. The molecule has 2 aromatic heterocycles. The summed E-state index contributed by atoms with van der Waals surface area (Å²) in [6.07, 6.45) is 6.83. The molecule has 2 atom stereocenters. The van der Waals surface area contributed by atoms with Gasteiger partial charge in [-0.25, -0.2) is 9.67 Å². The molecule has 0 saturated heterocycles. The second-order valence-corrected chi connectivity index (χ2v) is 7.51. The Morgan fingerprint density at radius 1 is 1.39 bits per heavy atom. The number of fused-ring (bicyclic) bond motifs is 1. The number of aryl methyl sites for hydroxylation is 3. The molecule has 9 nitrogen and oxygen atoms in total. The molecule has 1 aliphatic heterocycles. The summed E-state index contributed by atoms with van der Waals surface area (Å²) in [6, 6.07) is 0.484. The Balaban J connectivity index is 1.67. The molecule has 2 unspecified atom stereocenters. The maximum absolute atomic E-state index is 4.86. The molecule has 0 radical (unpaired) electrons. The zero-order chi connectivity index (χ0) is 20.1. The molecular formula is C19H33N9. The van der Waals surface area contributed by atoms with Gasteiger partial charge in [0.25, 0.3) is 0 Å². The predicted octanol–water partition coefficient (Wildman–Crippen LogP) is 0.747. The van der Waals surface area contributed by atoms with Crippen LogP contribution in [-0.4, -0.2) is 68.6 Å². The summed E-state index contributed by atoms with van der Waals surface area (Å²) in [5.41, 5.74) is 1.17. The molecule has 2 aromatic rings. The van der Waals surface area contributed by atoms with Gasteiger partial charge in [0.2, 0.25) is 0 Å². The van der Waals surface area contributed by atoms with Crippen LogP contribution in [0.15, 0.2) is 17.4 Å². The average molecular weight is 388 g/mol. The van der Waals surface area contributed by atoms with Gasteiger partial charge >= 0.3 is 0 Å². The highest BCUT2D eigenvalue weighted by Crippen LogP contribution is 2.18. The van der Waals surface area contributed by atoms with Crippen LogP contribution in [0.3, 0.4) is 0 Å². The highest BCUT2D eigenvalue weighted by molar-refractivity contribution is 5.80. The molecule has 154 valence electrons. The smallest absolute Gasteiger partial charge is 0.191 e. The first kappa shape index (κ1) is 20.3. The van der Waals surface area contributed by atoms with Crippen molar-refractivity contribution in [2.75, 3.05) is 27.2 Å². The number of hydrogen-bond donors (Lipinski definition) is 2. The molecule has 0 spiro atoms. The standard InChI is InChI=1S/C19H33N9/c1-6-17-24-18-9-8-15(13-28(18)25-17)23-19(20-7-2)21-11-16(26(3)4)14-10-22-27(5)12-14/h10,12,15-16H,6-9,11,13H2,1-5H3,(H2,20,21,23). The van der Waals surface area contributed by atoms with Crippen molar-refractivity contribution in [3.8, 4) is 0 Å². The van der Waals surface area contributed by atoms with E-state index in [0.717, 1.165) is 50.0 Å². The van der Waals surface area contributed by atoms with Gasteiger partial charge in [-0.1, -0.05) is 6.92 Å². The van der Waals surface area contributed by atoms with Gasteiger partial charge in [-0.2, -0.15) is 10.2 Å². The molecule has 0 bridgehead atoms. The number of aromatic nitrogens is 5. The molecule has 1 aliphatic rings. The minimum Gasteiger partial charge on any atom is -0.357 e. The maximum atomic E-state index is 4.86. The summed E-state index contributed by atoms with van der Waals surface area (Å²) in [5, 5.41) is 15.9. The fraction of sp³-hybridized carbons (Fsp3) is 0.684. The Morgan fingerprint density at radius 2 is 2.21 bits per heavy atom. The topological polar surface area (TPSA) is 88.2 Å². The lowest BCUT2D eigenvalue weighted by Crippen LogP contribution is -2.47. The van der Waals surface area contributed by atoms with Gasteiger partial charge in [-0.05, 0) is 27.4 Å². The van der Waals surface area contributed by atoms with Crippen molar-refractivity contribution in [2.24, 2.45) is 12.0 Å². The summed E-state index contributed by atoms with van der Waals surface area (Å²) in [4.78, 5) is 11.6. The number of rotatable bonds is 7. The predicted molar refractivity (Wildman–Crippen MR) is 110 cm³/mol. The van der Waals surface area contributed by atoms with E-state index in [0.29, 0.717) is 12.6 Å². The highest BCUT2D eigenvalue weighted by atomic mass is 15.4. The van der Waals surface area contributed by atoms with Gasteiger partial charge in [0.05, 0.1) is 25.3 Å². The SMILES string of the molecule is CCNC(=NCC(c1cnn(C)c1)N(C)C)NC1CCc2nc(CC)nn2C1. The fourth-order valence-electron chi connectivity index (χ4n) is 3.50. The van der Waals surface area contributed by atoms with Gasteiger partial charge in [-0.3, -0.25) is 9.67 Å². The van der Waals surface area contributed by atoms with Crippen LogP contribution in [0.1, 0.15) is 43.5 Å². The van der Waals surface area contributed by atoms with Gasteiger partial charge < -0.3 is 15.5 Å². The molecule has 3 rings (SSSR count). The molecule has 28 heavy (non-hydrogen) atoms. The normalized spacial score (nSPS) is 18.2. The van der Waals surface area contributed by atoms with Crippen LogP contribution in [-0.2, 0) is 26.4 Å². The Hall–Kier alpha value is -2.42. The van der Waals surface area contributed by atoms with E-state index in [1.807, 2.05) is 22.6 Å². The van der Waals surface area contributed by atoms with Crippen molar-refractivity contribution >= 4 is 5.96 Å². The quantitative estimate of drug-likeness (QED) is 0.538. The highest BCUT2D eigenvalue weighted by Gasteiger charge is 2.22. The molecule has 0 aliphatic carbocycles. The lowest BCUT2D eigenvalue weighted by molar-refractivity contribution is 0.305. The summed E-state index contributed by atoms with van der Waals surface area (Å²) >= 11 is 0. The van der Waals surface area contributed by atoms with Gasteiger partial charge in [-0.15, -0.1) is 0 Å². The van der Waals surface area contributed by atoms with E-state index < -0.39 is 0 Å². The third-order valence-corrected chi connectivity index (χ3v) is 5.06. The zero-order valence-corrected chi connectivity index (χ0v) is 17.7. The Bertz CT molecular complexity index is 789. The minimum absolute atomic E-state index is 0.185. The van der Waals surface area contributed by atoms with E-state index in [9.17, 15) is 0 Å². The molecule has 9 heteroatoms. The van der Waals surface area contributed by atoms with Gasteiger partial charge in [0, 0.05) is 44.2 Å². The minimum atomic E-state index is 0.185. The van der Waals surface area contributed by atoms with Crippen molar-refractivity contribution in [1.82, 2.24) is 40.1 Å². The summed E-state index contributed by atoms with van der Waals surface area (Å²) in [5.74, 6) is 2.88. The van der Waals surface area contributed by atoms with E-state index in [1.54, 1.807) is 0 Å². The largest absolute Gasteiger partial charge is 0.357 e. The molecule has 2 N–H and O–H groups in total. The van der Waals surface area contributed by atoms with Crippen molar-refractivity contribution in [1.29, 1.82) is 0 Å². The van der Waals surface area contributed by atoms with Crippen molar-refractivity contribution in [2.45, 2.75) is 51.7 Å². The number of guanidine groups is 1. The number of hydrogen-bond acceptors (Lipinski definition) is 5. The second kappa shape index (κ2) is 9.18. The van der Waals surface area contributed by atoms with E-state index >= 15 is 0 Å². The van der Waals surface area contributed by atoms with Gasteiger partial charge in [0.1, 0.15) is 5.82 Å². The Morgan fingerprint density at radius 3 is 2.86 bits per heavy atom. The van der Waals surface area contributed by atoms with E-state index in [1.165, 1.54) is 5.56 Å². The third-order valence-electron chi connectivity index (χ3n) is 5.06. The first-order valence-corrected chi connectivity index (χ1v) is 10.1. The molecule has 3 heterocycles. The average Bonchev–Trinajstić information content (AvgIpc) is 3.27. The molecule has 0 aromatic carbocycles. The number of aliphatic imine (C=N–C) groups is 1. The number of nitrogens with zero attached hydrogens (tertiary/aromatic N) is 7. The van der Waals surface area contributed by atoms with Crippen molar-refractivity contribution in [3.05, 3.63) is 29.6 Å². The molecule has 0 saturated carbocycles. The lowest BCUT2D eigenvalue weighted by Gasteiger charge is -2.26. The van der Waals surface area contributed by atoms with Crippen LogP contribution in [0.25, 0.3) is 0 Å². The Labute approximate surface area is 167 Å². The van der Waals surface area contributed by atoms with Crippen molar-refractivity contribution < 1.29 is 0 Å². The maximum Gasteiger partial charge on any atom is 0.191 e. The molecular weight excluding hydrogens is 354 g/mol. The van der Waals surface area contributed by atoms with Crippen molar-refractivity contribution in [3.63, 3.8) is 0 Å². The third kappa shape index (κ3) is 4.89. The fourth-order valence-corrected chi connectivity index (χ4v) is 3.50. The summed E-state index contributed by atoms with van der Waals surface area (Å²) < 4.78 is 3.88. The zero-order valence-electron chi connectivity index (χ0n) is 17.7. The molecule has 0 amide bonds. The lowest BCUT2D eigenvalue weighted by atomic mass is 10.1. The van der Waals surface area contributed by atoms with E-state index in [4.69, 9.17) is 4.99 Å². The number of likely N-dealkylation sites (N-methyl/N-ethyl adjacent to an activating group) is 1. The van der Waals surface area contributed by atoms with Crippen LogP contribution < -0.4 is 10.6 Å². The van der Waals surface area contributed by atoms with Crippen LogP contribution in [0.2, 0.25) is 0 Å². The first-order valence-electron chi connectivity index (χ1n) is 10.1. The first-order chi connectivity index (χ1) is 13.5. The van der Waals surface area contributed by atoms with Gasteiger partial charge in [0.15, 0.2) is 11.8 Å². The molecule has 0 fully saturated rings. The van der Waals surface area contributed by atoms with Crippen LogP contribution in [0, 0.1) is 0 Å². The van der Waals surface area contributed by atoms with E-state index in [-0.39, 0.29) is 6.04 Å². The van der Waals surface area contributed by atoms with Crippen LogP contribution >= 0.6 is 0 Å². The van der Waals surface area contributed by atoms with Crippen LogP contribution in [0.5, 0.6) is 0 Å². The second-order valence-electron chi connectivity index (χ2n) is 7.51. The summed E-state index contributed by atoms with van der Waals surface area (Å²) in [7, 11) is 6.09. The van der Waals surface area contributed by atoms with E-state index in [2.05, 4.69) is 64.9 Å². The van der Waals surface area contributed by atoms with Crippen LogP contribution in [0.4, 0.5) is 0 Å².